The van der Waals surface area contributed by atoms with Crippen molar-refractivity contribution in [1.82, 2.24) is 9.80 Å². The zero-order valence-corrected chi connectivity index (χ0v) is 44.2. The molecule has 0 spiro atoms. The number of aromatic hydroxyl groups is 4. The van der Waals surface area contributed by atoms with E-state index >= 15 is 0 Å². The summed E-state index contributed by atoms with van der Waals surface area (Å²) in [7, 11) is 2.62. The van der Waals surface area contributed by atoms with Crippen LogP contribution < -0.4 is 9.47 Å². The first-order valence-corrected chi connectivity index (χ1v) is 26.5. The van der Waals surface area contributed by atoms with E-state index < -0.39 is 191 Å². The number of benzene rings is 4. The molecule has 81 heavy (non-hydrogen) atoms. The van der Waals surface area contributed by atoms with E-state index in [1.165, 1.54) is 50.6 Å². The molecule has 4 heterocycles. The van der Waals surface area contributed by atoms with Gasteiger partial charge in [-0.25, -0.2) is 0 Å². The largest absolute Gasteiger partial charge is 0.507 e. The summed E-state index contributed by atoms with van der Waals surface area (Å²) in [6, 6.07) is 7.79. The molecule has 4 fully saturated rings. The minimum absolute atomic E-state index is 0.0509. The molecule has 428 valence electrons. The number of hydrogen-bond acceptors (Lipinski definition) is 24. The summed E-state index contributed by atoms with van der Waals surface area (Å²) in [6.07, 6.45) is -9.71. The third-order valence-electron chi connectivity index (χ3n) is 17.6. The maximum atomic E-state index is 14.2. The predicted molar refractivity (Wildman–Crippen MR) is 271 cm³/mol. The van der Waals surface area contributed by atoms with Gasteiger partial charge in [0.2, 0.25) is 11.6 Å². The van der Waals surface area contributed by atoms with Gasteiger partial charge in [-0.15, -0.1) is 0 Å². The van der Waals surface area contributed by atoms with Crippen molar-refractivity contribution < 1.29 is 108 Å². The number of fused-ring (bicyclic) bond motifs is 8. The first-order chi connectivity index (χ1) is 38.7. The SMILES string of the molecule is COc1cccc2c1C(=O)c1c(O)c3c(c(O)c1C2=O)CC(O)(C(=O)CO)CC3OC1CC2C(OCN2CN2CO[C@@H]3C(C)O[C@H](OC4CC(O)(C(=O)CO)Cc5c(O)c6c(c(O)c54)C(=O)c4c(OC)cccc4C6=O)CC32)C(C)O1. The van der Waals surface area contributed by atoms with Crippen molar-refractivity contribution in [3.05, 3.63) is 103 Å². The average molecular weight is 1120 g/mol. The Labute approximate surface area is 460 Å². The first-order valence-electron chi connectivity index (χ1n) is 26.5. The Hall–Kier alpha value is -6.78. The molecule has 4 saturated heterocycles. The third-order valence-corrected chi connectivity index (χ3v) is 17.6. The number of phenolic OH excluding ortho intramolecular Hbond substituents is 4. The zero-order chi connectivity index (χ0) is 57.5. The van der Waals surface area contributed by atoms with E-state index in [1.807, 2.05) is 9.80 Å². The Morgan fingerprint density at radius 2 is 0.963 bits per heavy atom. The Kier molecular flexibility index (Phi) is 13.5. The molecule has 8 aliphatic rings. The van der Waals surface area contributed by atoms with Crippen molar-refractivity contribution in [2.75, 3.05) is 47.6 Å². The quantitative estimate of drug-likeness (QED) is 0.0808. The lowest BCUT2D eigenvalue weighted by Gasteiger charge is -2.44. The van der Waals surface area contributed by atoms with E-state index in [2.05, 4.69) is 0 Å². The van der Waals surface area contributed by atoms with Crippen LogP contribution in [0.5, 0.6) is 34.5 Å². The van der Waals surface area contributed by atoms with Crippen molar-refractivity contribution in [2.45, 2.75) is 125 Å². The van der Waals surface area contributed by atoms with Crippen molar-refractivity contribution in [1.29, 1.82) is 0 Å². The summed E-state index contributed by atoms with van der Waals surface area (Å²) in [4.78, 5) is 87.2. The van der Waals surface area contributed by atoms with Crippen molar-refractivity contribution in [3.8, 4) is 34.5 Å². The summed E-state index contributed by atoms with van der Waals surface area (Å²) in [5.41, 5.74) is -8.10. The molecule has 0 saturated carbocycles. The average Bonchev–Trinajstić information content (AvgIpc) is 2.83. The molecule has 24 heteroatoms. The van der Waals surface area contributed by atoms with Crippen LogP contribution in [0.2, 0.25) is 0 Å². The van der Waals surface area contributed by atoms with Gasteiger partial charge in [0.05, 0.1) is 78.7 Å². The number of aliphatic hydroxyl groups excluding tert-OH is 2. The number of hydrogen-bond donors (Lipinski definition) is 8. The molecule has 0 aromatic heterocycles. The minimum Gasteiger partial charge on any atom is -0.507 e. The first kappa shape index (κ1) is 54.8. The molecule has 24 nitrogen and oxygen atoms in total. The highest BCUT2D eigenvalue weighted by atomic mass is 16.7. The predicted octanol–water partition coefficient (Wildman–Crippen LogP) is 1.65. The molecule has 4 aliphatic carbocycles. The van der Waals surface area contributed by atoms with Gasteiger partial charge in [-0.2, -0.15) is 0 Å². The molecule has 12 atom stereocenters. The number of aliphatic hydroxyl groups is 4. The van der Waals surface area contributed by atoms with Gasteiger partial charge in [-0.05, 0) is 26.0 Å². The number of Topliss-reactive ketones (excluding diaryl/α,β-unsaturated/α-hetero) is 2. The van der Waals surface area contributed by atoms with Crippen LogP contribution in [0.3, 0.4) is 0 Å². The Morgan fingerprint density at radius 3 is 1.33 bits per heavy atom. The van der Waals surface area contributed by atoms with Gasteiger partial charge in [-0.3, -0.25) is 38.6 Å². The van der Waals surface area contributed by atoms with Crippen molar-refractivity contribution in [2.24, 2.45) is 0 Å². The second-order valence-electron chi connectivity index (χ2n) is 22.0. The molecule has 4 aromatic carbocycles. The second kappa shape index (κ2) is 20.0. The number of phenols is 4. The highest BCUT2D eigenvalue weighted by molar-refractivity contribution is 6.32. The summed E-state index contributed by atoms with van der Waals surface area (Å²) in [5, 5.41) is 91.7. The summed E-state index contributed by atoms with van der Waals surface area (Å²) < 4.78 is 49.3. The number of ether oxygens (including phenoxy) is 8. The lowest BCUT2D eigenvalue weighted by Crippen LogP contribution is -2.55. The van der Waals surface area contributed by atoms with Crippen LogP contribution >= 0.6 is 0 Å². The fourth-order valence-corrected chi connectivity index (χ4v) is 13.6. The van der Waals surface area contributed by atoms with Gasteiger partial charge < -0.3 is 78.7 Å². The number of rotatable bonds is 12. The van der Waals surface area contributed by atoms with E-state index in [1.54, 1.807) is 13.8 Å². The second-order valence-corrected chi connectivity index (χ2v) is 22.0. The van der Waals surface area contributed by atoms with Gasteiger partial charge in [0.1, 0.15) is 84.6 Å². The van der Waals surface area contributed by atoms with Crippen molar-refractivity contribution in [3.63, 3.8) is 0 Å². The number of methoxy groups -OCH3 is 2. The lowest BCUT2D eigenvalue weighted by atomic mass is 9.72. The number of nitrogens with zero attached hydrogens (tertiary/aromatic N) is 2. The Morgan fingerprint density at radius 1 is 0.580 bits per heavy atom. The molecule has 12 rings (SSSR count). The monoisotopic (exact) mass is 1120 g/mol. The van der Waals surface area contributed by atoms with Crippen LogP contribution in [0, 0.1) is 0 Å². The van der Waals surface area contributed by atoms with Crippen LogP contribution in [0.1, 0.15) is 138 Å². The molecule has 4 aromatic rings. The fourth-order valence-electron chi connectivity index (χ4n) is 13.6. The topological polar surface area (TPSA) is 345 Å². The Balaban J connectivity index is 0.808. The highest BCUT2D eigenvalue weighted by Crippen LogP contribution is 2.55. The van der Waals surface area contributed by atoms with E-state index in [0.29, 0.717) is 0 Å². The molecule has 0 bridgehead atoms. The molecule has 10 unspecified atom stereocenters. The molecular weight excluding hydrogens is 1060 g/mol. The van der Waals surface area contributed by atoms with Crippen LogP contribution in [0.15, 0.2) is 36.4 Å². The fraction of sp³-hybridized carbons (Fsp3) is 0.474. The standard InChI is InChI=1S/C57H58N2O22/c1-22-54-28(11-36(78-22)80-32-15-56(72,34(62)17-60)13-26-40(32)52(70)44-42(48(26)66)46(64)24-7-5-9-30(74-3)38(24)50(44)68)58(20-76-54)19-59-21-77-55-23(2)79-37(12-29(55)59)81-33-16-57(73,35(63)18-61)14-27-41(33)53(71)45-43(49(27)67)47(65)25-8-6-10-31(75-4)39(25)51(45)69/h5-10,22-23,28-29,32-33,36-37,54-55,60-61,66-67,70-73H,11-21H2,1-4H3/t22?,23?,28?,29?,32?,33?,36-,37?,54-,55?,56?,57?/m1/s1. The summed E-state index contributed by atoms with van der Waals surface area (Å²) in [6.45, 7) is 1.77. The summed E-state index contributed by atoms with van der Waals surface area (Å²) in [5.74, 6) is -8.15. The smallest absolute Gasteiger partial charge is 0.202 e. The minimum atomic E-state index is -2.37. The van der Waals surface area contributed by atoms with E-state index in [-0.39, 0.29) is 89.0 Å². The molecule has 0 radical (unpaired) electrons. The van der Waals surface area contributed by atoms with Crippen molar-refractivity contribution >= 4 is 34.7 Å². The maximum Gasteiger partial charge on any atom is 0.202 e. The Bertz CT molecular complexity index is 3180. The van der Waals surface area contributed by atoms with Crippen LogP contribution in [0.4, 0.5) is 0 Å². The molecular formula is C57H58N2O22. The summed E-state index contributed by atoms with van der Waals surface area (Å²) >= 11 is 0. The number of carbonyl (C=O) groups excluding carboxylic acids is 6. The van der Waals surface area contributed by atoms with Gasteiger partial charge >= 0.3 is 0 Å². The van der Waals surface area contributed by atoms with E-state index in [9.17, 15) is 69.6 Å². The molecule has 8 N–H and O–H groups in total. The third kappa shape index (κ3) is 8.32. The number of ketones is 6. The van der Waals surface area contributed by atoms with Gasteiger partial charge in [0.25, 0.3) is 0 Å². The van der Waals surface area contributed by atoms with E-state index in [0.717, 1.165) is 0 Å². The van der Waals surface area contributed by atoms with Gasteiger partial charge in [0, 0.05) is 84.0 Å². The molecule has 4 aliphatic heterocycles. The van der Waals surface area contributed by atoms with E-state index in [4.69, 9.17) is 37.9 Å². The maximum absolute atomic E-state index is 14.2. The van der Waals surface area contributed by atoms with Gasteiger partial charge in [0.15, 0.2) is 35.7 Å². The number of carbonyl (C=O) groups is 6. The highest BCUT2D eigenvalue weighted by Gasteiger charge is 2.55. The van der Waals surface area contributed by atoms with Crippen LogP contribution in [-0.2, 0) is 50.9 Å². The molecule has 0 amide bonds. The lowest BCUT2D eigenvalue weighted by molar-refractivity contribution is -0.248. The normalized spacial score (nSPS) is 31.3. The van der Waals surface area contributed by atoms with Gasteiger partial charge in [-0.1, -0.05) is 24.3 Å². The van der Waals surface area contributed by atoms with Crippen LogP contribution in [-0.4, -0.2) is 193 Å². The van der Waals surface area contributed by atoms with Crippen LogP contribution in [0.25, 0.3) is 0 Å². The zero-order valence-electron chi connectivity index (χ0n) is 44.2.